The van der Waals surface area contributed by atoms with Crippen molar-refractivity contribution in [1.82, 2.24) is 5.32 Å². The number of hydrogen-bond donors (Lipinski definition) is 2. The first-order chi connectivity index (χ1) is 8.37. The number of carbonyl (C=O) groups excluding carboxylic acids is 1. The van der Waals surface area contributed by atoms with E-state index in [9.17, 15) is 18.3 Å². The molecular formula is C11H12ClNO4S. The Kier molecular flexibility index (Phi) is 3.49. The van der Waals surface area contributed by atoms with Gasteiger partial charge in [0.25, 0.3) is 5.91 Å². The molecule has 1 aromatic rings. The third-order valence-corrected chi connectivity index (χ3v) is 4.85. The Morgan fingerprint density at radius 3 is 2.72 bits per heavy atom. The maximum atomic E-state index is 11.8. The summed E-state index contributed by atoms with van der Waals surface area (Å²) in [6.07, 6.45) is 0.430. The van der Waals surface area contributed by atoms with Crippen LogP contribution in [0.1, 0.15) is 16.8 Å². The minimum atomic E-state index is -3.02. The fourth-order valence-corrected chi connectivity index (χ4v) is 3.68. The summed E-state index contributed by atoms with van der Waals surface area (Å²) in [4.78, 5) is 11.8. The van der Waals surface area contributed by atoms with Crippen molar-refractivity contribution >= 4 is 27.3 Å². The Morgan fingerprint density at radius 2 is 2.17 bits per heavy atom. The van der Waals surface area contributed by atoms with Crippen LogP contribution in [0, 0.1) is 0 Å². The second-order valence-corrected chi connectivity index (χ2v) is 6.88. The molecule has 2 N–H and O–H groups in total. The smallest absolute Gasteiger partial charge is 0.251 e. The molecule has 1 heterocycles. The fraction of sp³-hybridized carbons (Fsp3) is 0.364. The lowest BCUT2D eigenvalue weighted by Crippen LogP contribution is -2.35. The van der Waals surface area contributed by atoms with Gasteiger partial charge in [0.15, 0.2) is 9.84 Å². The quantitative estimate of drug-likeness (QED) is 0.849. The van der Waals surface area contributed by atoms with Gasteiger partial charge in [0, 0.05) is 11.6 Å². The molecule has 0 radical (unpaired) electrons. The molecule has 1 aliphatic heterocycles. The maximum Gasteiger partial charge on any atom is 0.251 e. The predicted molar refractivity (Wildman–Crippen MR) is 67.6 cm³/mol. The minimum Gasteiger partial charge on any atom is -0.506 e. The molecule has 98 valence electrons. The van der Waals surface area contributed by atoms with Crippen molar-refractivity contribution in [2.24, 2.45) is 0 Å². The van der Waals surface area contributed by atoms with Gasteiger partial charge >= 0.3 is 0 Å². The lowest BCUT2D eigenvalue weighted by molar-refractivity contribution is 0.0941. The van der Waals surface area contributed by atoms with Gasteiger partial charge in [-0.2, -0.15) is 0 Å². The Labute approximate surface area is 110 Å². The number of carbonyl (C=O) groups is 1. The van der Waals surface area contributed by atoms with Crippen molar-refractivity contribution in [1.29, 1.82) is 0 Å². The van der Waals surface area contributed by atoms with Crippen molar-refractivity contribution in [3.63, 3.8) is 0 Å². The molecule has 1 atom stereocenters. The number of hydrogen-bond acceptors (Lipinski definition) is 4. The molecule has 2 rings (SSSR count). The molecule has 1 fully saturated rings. The van der Waals surface area contributed by atoms with E-state index in [0.29, 0.717) is 12.0 Å². The molecule has 1 saturated heterocycles. The zero-order valence-corrected chi connectivity index (χ0v) is 11.0. The van der Waals surface area contributed by atoms with Gasteiger partial charge in [0.1, 0.15) is 5.75 Å². The Balaban J connectivity index is 2.06. The molecule has 0 spiro atoms. The third-order valence-electron chi connectivity index (χ3n) is 2.78. The van der Waals surface area contributed by atoms with E-state index in [1.54, 1.807) is 0 Å². The van der Waals surface area contributed by atoms with Crippen LogP contribution >= 0.6 is 11.6 Å². The van der Waals surface area contributed by atoms with Gasteiger partial charge in [-0.25, -0.2) is 8.42 Å². The van der Waals surface area contributed by atoms with Gasteiger partial charge in [-0.3, -0.25) is 4.79 Å². The van der Waals surface area contributed by atoms with Crippen LogP contribution in [0.25, 0.3) is 0 Å². The first-order valence-corrected chi connectivity index (χ1v) is 7.57. The average molecular weight is 290 g/mol. The summed E-state index contributed by atoms with van der Waals surface area (Å²) in [5.41, 5.74) is 0.294. The van der Waals surface area contributed by atoms with Gasteiger partial charge in [0.05, 0.1) is 16.5 Å². The van der Waals surface area contributed by atoms with Crippen LogP contribution in [-0.4, -0.2) is 37.0 Å². The second kappa shape index (κ2) is 4.78. The van der Waals surface area contributed by atoms with E-state index < -0.39 is 9.84 Å². The maximum absolute atomic E-state index is 11.8. The Bertz CT molecular complexity index is 585. The van der Waals surface area contributed by atoms with Gasteiger partial charge in [-0.1, -0.05) is 11.6 Å². The molecule has 5 nitrogen and oxygen atoms in total. The van der Waals surface area contributed by atoms with E-state index >= 15 is 0 Å². The number of phenolic OH excluding ortho intramolecular Hbond substituents is 1. The largest absolute Gasteiger partial charge is 0.506 e. The number of nitrogens with one attached hydrogen (secondary N) is 1. The van der Waals surface area contributed by atoms with Crippen LogP contribution in [0.2, 0.25) is 5.02 Å². The van der Waals surface area contributed by atoms with Gasteiger partial charge in [0.2, 0.25) is 0 Å². The molecule has 0 saturated carbocycles. The van der Waals surface area contributed by atoms with E-state index in [0.717, 1.165) is 0 Å². The fourth-order valence-electron chi connectivity index (χ4n) is 1.83. The summed E-state index contributed by atoms with van der Waals surface area (Å²) in [6, 6.07) is 3.74. The van der Waals surface area contributed by atoms with Crippen LogP contribution in [-0.2, 0) is 9.84 Å². The lowest BCUT2D eigenvalue weighted by Gasteiger charge is -2.11. The van der Waals surface area contributed by atoms with E-state index in [-0.39, 0.29) is 34.2 Å². The van der Waals surface area contributed by atoms with Crippen molar-refractivity contribution in [3.8, 4) is 5.75 Å². The van der Waals surface area contributed by atoms with Crippen LogP contribution in [0.15, 0.2) is 18.2 Å². The summed E-state index contributed by atoms with van der Waals surface area (Å²) < 4.78 is 22.5. The first-order valence-electron chi connectivity index (χ1n) is 5.37. The highest BCUT2D eigenvalue weighted by Gasteiger charge is 2.29. The summed E-state index contributed by atoms with van der Waals surface area (Å²) in [5, 5.41) is 12.0. The number of sulfone groups is 1. The SMILES string of the molecule is O=C(NC1CCS(=O)(=O)C1)c1ccc(O)c(Cl)c1. The summed E-state index contributed by atoms with van der Waals surface area (Å²) in [6.45, 7) is 0. The predicted octanol–water partition coefficient (Wildman–Crippen LogP) is 0.963. The number of halogens is 1. The molecular weight excluding hydrogens is 278 g/mol. The number of phenols is 1. The summed E-state index contributed by atoms with van der Waals surface area (Å²) in [7, 11) is -3.02. The highest BCUT2D eigenvalue weighted by atomic mass is 35.5. The van der Waals surface area contributed by atoms with E-state index in [2.05, 4.69) is 5.32 Å². The second-order valence-electron chi connectivity index (χ2n) is 4.24. The molecule has 7 heteroatoms. The number of aromatic hydroxyl groups is 1. The average Bonchev–Trinajstić information content (AvgIpc) is 2.62. The van der Waals surface area contributed by atoms with E-state index in [1.165, 1.54) is 18.2 Å². The topological polar surface area (TPSA) is 83.5 Å². The highest BCUT2D eigenvalue weighted by Crippen LogP contribution is 2.23. The molecule has 1 amide bonds. The van der Waals surface area contributed by atoms with Crippen LogP contribution in [0.3, 0.4) is 0 Å². The third kappa shape index (κ3) is 2.94. The highest BCUT2D eigenvalue weighted by molar-refractivity contribution is 7.91. The van der Waals surface area contributed by atoms with E-state index in [1.807, 2.05) is 0 Å². The summed E-state index contributed by atoms with van der Waals surface area (Å²) in [5.74, 6) is -0.408. The Hall–Kier alpha value is -1.27. The van der Waals surface area contributed by atoms with E-state index in [4.69, 9.17) is 11.6 Å². The van der Waals surface area contributed by atoms with Crippen molar-refractivity contribution < 1.29 is 18.3 Å². The van der Waals surface area contributed by atoms with Crippen LogP contribution < -0.4 is 5.32 Å². The monoisotopic (exact) mass is 289 g/mol. The zero-order chi connectivity index (χ0) is 13.3. The molecule has 0 aromatic heterocycles. The molecule has 1 aliphatic rings. The number of amides is 1. The standard InChI is InChI=1S/C11H12ClNO4S/c12-9-5-7(1-2-10(9)14)11(15)13-8-3-4-18(16,17)6-8/h1-2,5,8,14H,3-4,6H2,(H,13,15). The molecule has 0 bridgehead atoms. The van der Waals surface area contributed by atoms with Crippen molar-refractivity contribution in [3.05, 3.63) is 28.8 Å². The molecule has 1 unspecified atom stereocenters. The number of benzene rings is 1. The lowest BCUT2D eigenvalue weighted by atomic mass is 10.2. The zero-order valence-electron chi connectivity index (χ0n) is 9.39. The van der Waals surface area contributed by atoms with Crippen LogP contribution in [0.5, 0.6) is 5.75 Å². The first kappa shape index (κ1) is 13.2. The minimum absolute atomic E-state index is 0.0233. The van der Waals surface area contributed by atoms with Gasteiger partial charge in [-0.15, -0.1) is 0 Å². The Morgan fingerprint density at radius 1 is 1.44 bits per heavy atom. The molecule has 18 heavy (non-hydrogen) atoms. The van der Waals surface area contributed by atoms with Gasteiger partial charge in [-0.05, 0) is 24.6 Å². The summed E-state index contributed by atoms with van der Waals surface area (Å²) >= 11 is 5.69. The number of rotatable bonds is 2. The normalized spacial score (nSPS) is 21.7. The van der Waals surface area contributed by atoms with Crippen molar-refractivity contribution in [2.75, 3.05) is 11.5 Å². The molecule has 0 aliphatic carbocycles. The van der Waals surface area contributed by atoms with Crippen molar-refractivity contribution in [2.45, 2.75) is 12.5 Å². The van der Waals surface area contributed by atoms with Gasteiger partial charge < -0.3 is 10.4 Å². The molecule has 1 aromatic carbocycles. The van der Waals surface area contributed by atoms with Crippen LogP contribution in [0.4, 0.5) is 0 Å².